The number of carbonyl (C=O) groups excluding carboxylic acids is 2. The molecular weight excluding hydrogens is 393 g/mol. The van der Waals surface area contributed by atoms with E-state index in [4.69, 9.17) is 0 Å². The number of halogens is 2. The van der Waals surface area contributed by atoms with Crippen LogP contribution in [-0.4, -0.2) is 24.9 Å². The second-order valence-corrected chi connectivity index (χ2v) is 7.74. The van der Waals surface area contributed by atoms with E-state index >= 15 is 0 Å². The van der Waals surface area contributed by atoms with E-state index in [1.54, 1.807) is 36.4 Å². The maximum Gasteiger partial charge on any atom is 0.251 e. The van der Waals surface area contributed by atoms with Gasteiger partial charge in [0.25, 0.3) is 5.91 Å². The summed E-state index contributed by atoms with van der Waals surface area (Å²) < 4.78 is 12.9. The van der Waals surface area contributed by atoms with Crippen LogP contribution in [0, 0.1) is 17.2 Å². The van der Waals surface area contributed by atoms with Gasteiger partial charge in [0.1, 0.15) is 5.82 Å². The van der Waals surface area contributed by atoms with Crippen LogP contribution in [0.2, 0.25) is 0 Å². The molecule has 1 aliphatic carbocycles. The molecule has 0 bridgehead atoms. The van der Waals surface area contributed by atoms with E-state index in [1.165, 1.54) is 12.1 Å². The van der Waals surface area contributed by atoms with Crippen LogP contribution in [0.3, 0.4) is 0 Å². The predicted molar refractivity (Wildman–Crippen MR) is 113 cm³/mol. The topological polar surface area (TPSA) is 70.2 Å². The SMILES string of the molecule is Cl.O=C(NCc1ccc(F)cc1)c1ccc(NC(=O)C2CC23CCNCC3)cc1. The van der Waals surface area contributed by atoms with Gasteiger partial charge in [-0.2, -0.15) is 0 Å². The molecule has 2 fully saturated rings. The number of benzene rings is 2. The number of hydrogen-bond donors (Lipinski definition) is 3. The Hall–Kier alpha value is -2.44. The van der Waals surface area contributed by atoms with Gasteiger partial charge in [0.2, 0.25) is 5.91 Å². The summed E-state index contributed by atoms with van der Waals surface area (Å²) in [5.41, 5.74) is 2.25. The lowest BCUT2D eigenvalue weighted by Crippen LogP contribution is -2.31. The Morgan fingerprint density at radius 1 is 1.03 bits per heavy atom. The minimum absolute atomic E-state index is 0. The molecule has 0 aromatic heterocycles. The van der Waals surface area contributed by atoms with Gasteiger partial charge in [-0.1, -0.05) is 12.1 Å². The van der Waals surface area contributed by atoms with Crippen molar-refractivity contribution >= 4 is 29.9 Å². The first kappa shape index (κ1) is 21.3. The van der Waals surface area contributed by atoms with Crippen molar-refractivity contribution in [2.45, 2.75) is 25.8 Å². The second kappa shape index (κ2) is 8.93. The normalized spacial score (nSPS) is 19.1. The van der Waals surface area contributed by atoms with Crippen molar-refractivity contribution < 1.29 is 14.0 Å². The van der Waals surface area contributed by atoms with Crippen molar-refractivity contribution in [3.8, 4) is 0 Å². The van der Waals surface area contributed by atoms with Crippen molar-refractivity contribution in [3.63, 3.8) is 0 Å². The summed E-state index contributed by atoms with van der Waals surface area (Å²) in [6.07, 6.45) is 3.11. The van der Waals surface area contributed by atoms with Gasteiger partial charge in [-0.15, -0.1) is 12.4 Å². The third-order valence-electron chi connectivity index (χ3n) is 5.89. The number of nitrogens with one attached hydrogen (secondary N) is 3. The Balaban J connectivity index is 0.00000240. The molecule has 154 valence electrons. The molecule has 2 aromatic carbocycles. The molecule has 1 aliphatic heterocycles. The molecule has 1 heterocycles. The fourth-order valence-electron chi connectivity index (χ4n) is 4.02. The zero-order valence-corrected chi connectivity index (χ0v) is 16.9. The first-order valence-corrected chi connectivity index (χ1v) is 9.70. The lowest BCUT2D eigenvalue weighted by molar-refractivity contribution is -0.118. The van der Waals surface area contributed by atoms with Crippen molar-refractivity contribution in [2.75, 3.05) is 18.4 Å². The maximum absolute atomic E-state index is 12.9. The molecule has 3 N–H and O–H groups in total. The largest absolute Gasteiger partial charge is 0.348 e. The lowest BCUT2D eigenvalue weighted by Gasteiger charge is -2.23. The van der Waals surface area contributed by atoms with Gasteiger partial charge in [0, 0.05) is 23.7 Å². The highest BCUT2D eigenvalue weighted by atomic mass is 35.5. The van der Waals surface area contributed by atoms with E-state index in [9.17, 15) is 14.0 Å². The van der Waals surface area contributed by atoms with E-state index in [1.807, 2.05) is 0 Å². The summed E-state index contributed by atoms with van der Waals surface area (Å²) in [5.74, 6) is -0.327. The average molecular weight is 418 g/mol. The smallest absolute Gasteiger partial charge is 0.251 e. The number of anilines is 1. The molecule has 1 atom stereocenters. The highest BCUT2D eigenvalue weighted by Crippen LogP contribution is 2.58. The number of carbonyl (C=O) groups is 2. The Labute approximate surface area is 175 Å². The average Bonchev–Trinajstić information content (AvgIpc) is 3.41. The monoisotopic (exact) mass is 417 g/mol. The van der Waals surface area contributed by atoms with E-state index in [-0.39, 0.29) is 41.4 Å². The molecule has 2 aliphatic rings. The summed E-state index contributed by atoms with van der Waals surface area (Å²) >= 11 is 0. The fourth-order valence-corrected chi connectivity index (χ4v) is 4.02. The Bertz CT molecular complexity index is 865. The number of piperidine rings is 1. The van der Waals surface area contributed by atoms with Gasteiger partial charge in [-0.3, -0.25) is 9.59 Å². The van der Waals surface area contributed by atoms with Crippen LogP contribution in [0.25, 0.3) is 0 Å². The predicted octanol–water partition coefficient (Wildman–Crippen LogP) is 3.51. The second-order valence-electron chi connectivity index (χ2n) is 7.74. The van der Waals surface area contributed by atoms with Crippen molar-refractivity contribution in [3.05, 3.63) is 65.5 Å². The first-order chi connectivity index (χ1) is 13.6. The van der Waals surface area contributed by atoms with E-state index in [2.05, 4.69) is 16.0 Å². The fraction of sp³-hybridized carbons (Fsp3) is 0.364. The van der Waals surface area contributed by atoms with Crippen molar-refractivity contribution in [2.24, 2.45) is 11.3 Å². The summed E-state index contributed by atoms with van der Waals surface area (Å²) in [7, 11) is 0. The van der Waals surface area contributed by atoms with Gasteiger partial charge in [0.05, 0.1) is 0 Å². The van der Waals surface area contributed by atoms with Crippen LogP contribution >= 0.6 is 12.4 Å². The highest BCUT2D eigenvalue weighted by molar-refractivity contribution is 5.97. The Morgan fingerprint density at radius 2 is 1.69 bits per heavy atom. The molecule has 2 amide bonds. The molecule has 5 nitrogen and oxygen atoms in total. The first-order valence-electron chi connectivity index (χ1n) is 9.70. The zero-order chi connectivity index (χ0) is 19.6. The van der Waals surface area contributed by atoms with Gasteiger partial charge in [-0.05, 0) is 79.7 Å². The van der Waals surface area contributed by atoms with Gasteiger partial charge < -0.3 is 16.0 Å². The number of rotatable bonds is 5. The molecular formula is C22H25ClFN3O2. The molecule has 4 rings (SSSR count). The van der Waals surface area contributed by atoms with Crippen molar-refractivity contribution in [1.29, 1.82) is 0 Å². The van der Waals surface area contributed by atoms with Crippen LogP contribution in [-0.2, 0) is 11.3 Å². The van der Waals surface area contributed by atoms with E-state index in [0.29, 0.717) is 17.8 Å². The van der Waals surface area contributed by atoms with Crippen LogP contribution in [0.15, 0.2) is 48.5 Å². The lowest BCUT2D eigenvalue weighted by atomic mass is 9.92. The molecule has 0 radical (unpaired) electrons. The summed E-state index contributed by atoms with van der Waals surface area (Å²) in [6, 6.07) is 12.9. The molecule has 29 heavy (non-hydrogen) atoms. The minimum atomic E-state index is -0.301. The summed E-state index contributed by atoms with van der Waals surface area (Å²) in [6.45, 7) is 2.31. The Morgan fingerprint density at radius 3 is 2.34 bits per heavy atom. The number of amides is 2. The van der Waals surface area contributed by atoms with Crippen molar-refractivity contribution in [1.82, 2.24) is 10.6 Å². The third kappa shape index (κ3) is 4.95. The molecule has 1 unspecified atom stereocenters. The van der Waals surface area contributed by atoms with E-state index in [0.717, 1.165) is 37.9 Å². The maximum atomic E-state index is 12.9. The quantitative estimate of drug-likeness (QED) is 0.697. The number of hydrogen-bond acceptors (Lipinski definition) is 3. The molecule has 1 saturated heterocycles. The molecule has 1 spiro atoms. The summed E-state index contributed by atoms with van der Waals surface area (Å²) in [5, 5.41) is 9.13. The highest BCUT2D eigenvalue weighted by Gasteiger charge is 2.57. The third-order valence-corrected chi connectivity index (χ3v) is 5.89. The van der Waals surface area contributed by atoms with Crippen LogP contribution in [0.1, 0.15) is 35.2 Å². The molecule has 7 heteroatoms. The van der Waals surface area contributed by atoms with Gasteiger partial charge >= 0.3 is 0 Å². The van der Waals surface area contributed by atoms with Gasteiger partial charge in [0.15, 0.2) is 0 Å². The Kier molecular flexibility index (Phi) is 6.55. The molecule has 1 saturated carbocycles. The minimum Gasteiger partial charge on any atom is -0.348 e. The zero-order valence-electron chi connectivity index (χ0n) is 16.0. The van der Waals surface area contributed by atoms with Crippen LogP contribution in [0.4, 0.5) is 10.1 Å². The van der Waals surface area contributed by atoms with Gasteiger partial charge in [-0.25, -0.2) is 4.39 Å². The summed E-state index contributed by atoms with van der Waals surface area (Å²) in [4.78, 5) is 24.8. The molecule has 2 aromatic rings. The standard InChI is InChI=1S/C22H24FN3O2.ClH/c23-17-5-1-15(2-6-17)14-25-20(27)16-3-7-18(8-4-16)26-21(28)19-13-22(19)9-11-24-12-10-22;/h1-8,19,24H,9-14H2,(H,25,27)(H,26,28);1H. The van der Waals surface area contributed by atoms with Crippen LogP contribution in [0.5, 0.6) is 0 Å². The van der Waals surface area contributed by atoms with Crippen LogP contribution < -0.4 is 16.0 Å². The van der Waals surface area contributed by atoms with E-state index < -0.39 is 0 Å².